The van der Waals surface area contributed by atoms with E-state index in [0.29, 0.717) is 11.4 Å². The van der Waals surface area contributed by atoms with Crippen molar-refractivity contribution in [3.63, 3.8) is 0 Å². The van der Waals surface area contributed by atoms with Crippen molar-refractivity contribution in [1.29, 1.82) is 0 Å². The molecule has 0 amide bonds. The molecule has 1 aliphatic rings. The summed E-state index contributed by atoms with van der Waals surface area (Å²) in [6, 6.07) is 8.33. The number of anilines is 1. The first-order valence-corrected chi connectivity index (χ1v) is 11.2. The number of pyridine rings is 1. The molecule has 2 atom stereocenters. The van der Waals surface area contributed by atoms with E-state index in [1.165, 1.54) is 11.5 Å². The largest absolute Gasteiger partial charge is 0.452 e. The second-order valence-electron chi connectivity index (χ2n) is 8.14. The highest BCUT2D eigenvalue weighted by Crippen LogP contribution is 2.39. The van der Waals surface area contributed by atoms with Gasteiger partial charge in [0.15, 0.2) is 11.4 Å². The molecule has 4 heterocycles. The summed E-state index contributed by atoms with van der Waals surface area (Å²) in [5.41, 5.74) is 9.62. The van der Waals surface area contributed by atoms with Crippen LogP contribution in [0.2, 0.25) is 0 Å². The molecule has 1 aromatic carbocycles. The van der Waals surface area contributed by atoms with Crippen LogP contribution in [0.1, 0.15) is 31.7 Å². The number of rotatable bonds is 3. The third-order valence-electron chi connectivity index (χ3n) is 6.14. The molecule has 8 heteroatoms. The van der Waals surface area contributed by atoms with Gasteiger partial charge >= 0.3 is 0 Å². The molecule has 3 N–H and O–H groups in total. The van der Waals surface area contributed by atoms with Gasteiger partial charge in [0.05, 0.1) is 23.0 Å². The van der Waals surface area contributed by atoms with E-state index in [1.807, 2.05) is 47.5 Å². The standard InChI is InChI=1S/C23H21N5O2S/c24-23-21-18(8-20(30-21)17-6-1-3-13-10-27-31-22(13)17)19(11-25-23)14-9-26-28(12-14)15-4-2-5-16(29)7-15/h1,3,6,8-12,15-16,29H,2,4-5,7H2,(H2,24,25). The number of nitrogens with zero attached hydrogens (tertiary/aromatic N) is 4. The Kier molecular flexibility index (Phi) is 4.29. The van der Waals surface area contributed by atoms with Gasteiger partial charge in [-0.2, -0.15) is 9.47 Å². The molecule has 4 aromatic heterocycles. The lowest BCUT2D eigenvalue weighted by atomic mass is 9.93. The van der Waals surface area contributed by atoms with Gasteiger partial charge in [0.25, 0.3) is 0 Å². The zero-order chi connectivity index (χ0) is 20.9. The normalized spacial score (nSPS) is 19.4. The van der Waals surface area contributed by atoms with Gasteiger partial charge in [0.2, 0.25) is 0 Å². The fraction of sp³-hybridized carbons (Fsp3) is 0.261. The summed E-state index contributed by atoms with van der Waals surface area (Å²) >= 11 is 1.45. The van der Waals surface area contributed by atoms with Crippen LogP contribution in [0.5, 0.6) is 0 Å². The molecule has 7 nitrogen and oxygen atoms in total. The maximum Gasteiger partial charge on any atom is 0.177 e. The Labute approximate surface area is 182 Å². The maximum absolute atomic E-state index is 10.0. The van der Waals surface area contributed by atoms with Gasteiger partial charge in [-0.1, -0.05) is 12.1 Å². The smallest absolute Gasteiger partial charge is 0.177 e. The zero-order valence-electron chi connectivity index (χ0n) is 16.7. The molecule has 0 radical (unpaired) electrons. The van der Waals surface area contributed by atoms with E-state index in [1.54, 1.807) is 6.20 Å². The molecule has 1 aliphatic carbocycles. The number of nitrogen functional groups attached to an aromatic ring is 1. The first kappa shape index (κ1) is 18.5. The minimum absolute atomic E-state index is 0.221. The fourth-order valence-electron chi connectivity index (χ4n) is 4.55. The number of aliphatic hydroxyl groups is 1. The van der Waals surface area contributed by atoms with Gasteiger partial charge in [-0.05, 0) is 49.3 Å². The van der Waals surface area contributed by atoms with Crippen LogP contribution in [0, 0.1) is 0 Å². The van der Waals surface area contributed by atoms with Gasteiger partial charge in [-0.3, -0.25) is 4.68 Å². The van der Waals surface area contributed by atoms with E-state index in [-0.39, 0.29) is 12.1 Å². The predicted octanol–water partition coefficient (Wildman–Crippen LogP) is 5.03. The number of fused-ring (bicyclic) bond motifs is 2. The van der Waals surface area contributed by atoms with Crippen LogP contribution in [0.4, 0.5) is 5.82 Å². The Bertz CT molecular complexity index is 1400. The average molecular weight is 432 g/mol. The summed E-state index contributed by atoms with van der Waals surface area (Å²) < 4.78 is 13.6. The minimum atomic E-state index is -0.248. The number of hydrogen-bond donors (Lipinski definition) is 2. The maximum atomic E-state index is 10.0. The van der Waals surface area contributed by atoms with Crippen molar-refractivity contribution in [2.45, 2.75) is 37.8 Å². The van der Waals surface area contributed by atoms with Crippen molar-refractivity contribution in [3.05, 3.63) is 49.1 Å². The van der Waals surface area contributed by atoms with Gasteiger partial charge in [-0.15, -0.1) is 0 Å². The molecule has 1 saturated carbocycles. The van der Waals surface area contributed by atoms with Crippen LogP contribution < -0.4 is 5.73 Å². The summed E-state index contributed by atoms with van der Waals surface area (Å²) in [5.74, 6) is 1.11. The minimum Gasteiger partial charge on any atom is -0.452 e. The molecule has 6 rings (SSSR count). The third-order valence-corrected chi connectivity index (χ3v) is 6.99. The Hall–Kier alpha value is -3.23. The quantitative estimate of drug-likeness (QED) is 0.415. The SMILES string of the molecule is Nc1ncc(-c2cnn(C3CCCC(O)C3)c2)c2cc(-c3cccc4cnsc34)oc12. The Morgan fingerprint density at radius 2 is 2.10 bits per heavy atom. The molecule has 0 bridgehead atoms. The molecule has 156 valence electrons. The lowest BCUT2D eigenvalue weighted by Gasteiger charge is -2.25. The third kappa shape index (κ3) is 3.10. The van der Waals surface area contributed by atoms with Crippen molar-refractivity contribution in [3.8, 4) is 22.5 Å². The molecular weight excluding hydrogens is 410 g/mol. The molecule has 2 unspecified atom stereocenters. The van der Waals surface area contributed by atoms with Gasteiger partial charge < -0.3 is 15.3 Å². The van der Waals surface area contributed by atoms with Crippen LogP contribution in [-0.2, 0) is 0 Å². The number of nitrogens with two attached hydrogens (primary N) is 1. The number of aliphatic hydroxyl groups excluding tert-OH is 1. The average Bonchev–Trinajstić information content (AvgIpc) is 3.53. The summed E-state index contributed by atoms with van der Waals surface area (Å²) in [4.78, 5) is 4.37. The van der Waals surface area contributed by atoms with Crippen molar-refractivity contribution in [2.24, 2.45) is 0 Å². The first-order valence-electron chi connectivity index (χ1n) is 10.4. The number of benzene rings is 1. The zero-order valence-corrected chi connectivity index (χ0v) is 17.5. The second kappa shape index (κ2) is 7.18. The fourth-order valence-corrected chi connectivity index (χ4v) is 5.32. The van der Waals surface area contributed by atoms with E-state index in [4.69, 9.17) is 10.2 Å². The van der Waals surface area contributed by atoms with Crippen molar-refractivity contribution >= 4 is 38.4 Å². The molecule has 31 heavy (non-hydrogen) atoms. The molecular formula is C23H21N5O2S. The molecule has 0 spiro atoms. The monoisotopic (exact) mass is 431 g/mol. The molecule has 5 aromatic rings. The Balaban J connectivity index is 1.45. The summed E-state index contributed by atoms with van der Waals surface area (Å²) in [7, 11) is 0. The van der Waals surface area contributed by atoms with Crippen LogP contribution >= 0.6 is 11.5 Å². The number of furan rings is 1. The summed E-state index contributed by atoms with van der Waals surface area (Å²) in [6.07, 6.45) is 10.9. The Morgan fingerprint density at radius 1 is 1.16 bits per heavy atom. The molecule has 0 saturated heterocycles. The van der Waals surface area contributed by atoms with Crippen LogP contribution in [0.3, 0.4) is 0 Å². The lowest BCUT2D eigenvalue weighted by Crippen LogP contribution is -2.22. The van der Waals surface area contributed by atoms with Crippen molar-refractivity contribution in [1.82, 2.24) is 19.1 Å². The highest BCUT2D eigenvalue weighted by molar-refractivity contribution is 7.13. The van der Waals surface area contributed by atoms with Crippen molar-refractivity contribution in [2.75, 3.05) is 5.73 Å². The first-order chi connectivity index (χ1) is 15.2. The van der Waals surface area contributed by atoms with Gasteiger partial charge in [0.1, 0.15) is 5.76 Å². The van der Waals surface area contributed by atoms with Crippen LogP contribution in [0.15, 0.2) is 53.5 Å². The van der Waals surface area contributed by atoms with Gasteiger partial charge in [0, 0.05) is 46.1 Å². The van der Waals surface area contributed by atoms with Crippen molar-refractivity contribution < 1.29 is 9.52 Å². The number of hydrogen-bond acceptors (Lipinski definition) is 7. The predicted molar refractivity (Wildman–Crippen MR) is 122 cm³/mol. The van der Waals surface area contributed by atoms with E-state index < -0.39 is 0 Å². The lowest BCUT2D eigenvalue weighted by molar-refractivity contribution is 0.100. The second-order valence-corrected chi connectivity index (χ2v) is 8.95. The summed E-state index contributed by atoms with van der Waals surface area (Å²) in [6.45, 7) is 0. The number of aromatic nitrogens is 4. The van der Waals surface area contributed by atoms with Crippen LogP contribution in [0.25, 0.3) is 43.5 Å². The van der Waals surface area contributed by atoms with E-state index in [0.717, 1.165) is 63.6 Å². The van der Waals surface area contributed by atoms with E-state index in [2.05, 4.69) is 14.5 Å². The molecule has 1 fully saturated rings. The highest BCUT2D eigenvalue weighted by atomic mass is 32.1. The van der Waals surface area contributed by atoms with Crippen LogP contribution in [-0.4, -0.2) is 30.3 Å². The van der Waals surface area contributed by atoms with Gasteiger partial charge in [-0.25, -0.2) is 4.98 Å². The van der Waals surface area contributed by atoms with E-state index in [9.17, 15) is 5.11 Å². The highest BCUT2D eigenvalue weighted by Gasteiger charge is 2.23. The molecule has 0 aliphatic heterocycles. The summed E-state index contributed by atoms with van der Waals surface area (Å²) in [5, 5.41) is 16.6. The Morgan fingerprint density at radius 3 is 3.00 bits per heavy atom. The topological polar surface area (TPSA) is 103 Å². The van der Waals surface area contributed by atoms with E-state index >= 15 is 0 Å².